The van der Waals surface area contributed by atoms with Crippen LogP contribution in [0.3, 0.4) is 0 Å². The van der Waals surface area contributed by atoms with E-state index in [0.29, 0.717) is 15.6 Å². The molecule has 0 spiro atoms. The molecular weight excluding hydrogens is 633 g/mol. The number of anilines is 1. The number of benzene rings is 3. The zero-order valence-electron chi connectivity index (χ0n) is 24.1. The fourth-order valence-electron chi connectivity index (χ4n) is 5.02. The van der Waals surface area contributed by atoms with Gasteiger partial charge in [-0.25, -0.2) is 8.42 Å². The van der Waals surface area contributed by atoms with Crippen LogP contribution in [0.15, 0.2) is 65.6 Å². The number of hydrogen-bond donors (Lipinski definition) is 1. The first-order valence-electron chi connectivity index (χ1n) is 13.9. The lowest BCUT2D eigenvalue weighted by Gasteiger charge is -2.33. The Kier molecular flexibility index (Phi) is 10.9. The minimum absolute atomic E-state index is 0.0211. The van der Waals surface area contributed by atoms with Gasteiger partial charge in [0.15, 0.2) is 0 Å². The lowest BCUT2D eigenvalue weighted by molar-refractivity contribution is -0.139. The maximum absolute atomic E-state index is 14.2. The zero-order valence-corrected chi connectivity index (χ0v) is 27.2. The second-order valence-electron chi connectivity index (χ2n) is 10.6. The summed E-state index contributed by atoms with van der Waals surface area (Å²) in [7, 11) is -2.90. The minimum atomic E-state index is -4.30. The minimum Gasteiger partial charge on any atom is -0.495 e. The topological polar surface area (TPSA) is 96.0 Å². The number of halogens is 3. The third-order valence-electron chi connectivity index (χ3n) is 7.52. The summed E-state index contributed by atoms with van der Waals surface area (Å²) in [5.41, 5.74) is 1.50. The van der Waals surface area contributed by atoms with Crippen LogP contribution in [0.1, 0.15) is 43.7 Å². The highest BCUT2D eigenvalue weighted by atomic mass is 35.5. The number of amides is 2. The van der Waals surface area contributed by atoms with Gasteiger partial charge in [0.1, 0.15) is 18.3 Å². The standard InChI is InChI=1S/C31H34Cl3N3O5S/c1-20-8-13-26(14-9-20)43(40,41)37(28-17-24(33)12-15-29(28)42-3)19-30(38)36(18-22-10-11-23(32)16-27(22)34)21(2)31(39)35-25-6-4-5-7-25/h8-17,21,25H,4-7,18-19H2,1-3H3,(H,35,39)/t21-/m0/s1. The molecule has 1 saturated carbocycles. The number of sulfonamides is 1. The van der Waals surface area contributed by atoms with E-state index in [9.17, 15) is 18.0 Å². The van der Waals surface area contributed by atoms with Crippen molar-refractivity contribution in [2.24, 2.45) is 0 Å². The molecule has 3 aromatic carbocycles. The number of carbonyl (C=O) groups is 2. The van der Waals surface area contributed by atoms with Crippen LogP contribution in [-0.2, 0) is 26.2 Å². The van der Waals surface area contributed by atoms with Crippen molar-refractivity contribution in [3.05, 3.63) is 86.9 Å². The lowest BCUT2D eigenvalue weighted by atomic mass is 10.1. The Morgan fingerprint density at radius 3 is 2.23 bits per heavy atom. The van der Waals surface area contributed by atoms with Gasteiger partial charge in [-0.3, -0.25) is 13.9 Å². The third-order valence-corrected chi connectivity index (χ3v) is 10.1. The van der Waals surface area contributed by atoms with Crippen LogP contribution >= 0.6 is 34.8 Å². The Labute approximate surface area is 267 Å². The highest BCUT2D eigenvalue weighted by Gasteiger charge is 2.35. The van der Waals surface area contributed by atoms with Gasteiger partial charge in [-0.15, -0.1) is 0 Å². The van der Waals surface area contributed by atoms with Gasteiger partial charge in [-0.1, -0.05) is 71.4 Å². The number of rotatable bonds is 11. The largest absolute Gasteiger partial charge is 0.495 e. The van der Waals surface area contributed by atoms with Crippen molar-refractivity contribution in [1.29, 1.82) is 0 Å². The molecule has 43 heavy (non-hydrogen) atoms. The Balaban J connectivity index is 1.76. The summed E-state index contributed by atoms with van der Waals surface area (Å²) in [6.07, 6.45) is 3.78. The highest BCUT2D eigenvalue weighted by molar-refractivity contribution is 7.92. The van der Waals surface area contributed by atoms with Crippen molar-refractivity contribution in [1.82, 2.24) is 10.2 Å². The van der Waals surface area contributed by atoms with E-state index < -0.39 is 28.5 Å². The molecule has 0 bridgehead atoms. The van der Waals surface area contributed by atoms with E-state index in [1.807, 2.05) is 6.92 Å². The van der Waals surface area contributed by atoms with Crippen LogP contribution in [-0.4, -0.2) is 50.9 Å². The average Bonchev–Trinajstić information content (AvgIpc) is 3.48. The fraction of sp³-hybridized carbons (Fsp3) is 0.355. The molecule has 1 aliphatic rings. The van der Waals surface area contributed by atoms with E-state index in [4.69, 9.17) is 39.5 Å². The normalized spacial score (nSPS) is 14.3. The molecular formula is C31H34Cl3N3O5S. The second kappa shape index (κ2) is 14.2. The molecule has 2 amide bonds. The van der Waals surface area contributed by atoms with Crippen LogP contribution in [0.2, 0.25) is 15.1 Å². The first kappa shape index (κ1) is 32.9. The van der Waals surface area contributed by atoms with Gasteiger partial charge in [0, 0.05) is 27.7 Å². The molecule has 1 N–H and O–H groups in total. The summed E-state index contributed by atoms with van der Waals surface area (Å²) in [6.45, 7) is 2.76. The van der Waals surface area contributed by atoms with Crippen LogP contribution < -0.4 is 14.4 Å². The van der Waals surface area contributed by atoms with Crippen LogP contribution in [0.5, 0.6) is 5.75 Å². The van der Waals surface area contributed by atoms with Crippen molar-refractivity contribution >= 4 is 62.3 Å². The molecule has 3 aromatic rings. The number of carbonyl (C=O) groups excluding carboxylic acids is 2. The van der Waals surface area contributed by atoms with E-state index in [1.165, 1.54) is 36.3 Å². The van der Waals surface area contributed by atoms with E-state index in [-0.39, 0.29) is 39.8 Å². The van der Waals surface area contributed by atoms with Crippen LogP contribution in [0.4, 0.5) is 5.69 Å². The summed E-state index contributed by atoms with van der Waals surface area (Å²) < 4.78 is 34.6. The molecule has 0 radical (unpaired) electrons. The molecule has 0 aromatic heterocycles. The van der Waals surface area contributed by atoms with Crippen LogP contribution in [0, 0.1) is 6.92 Å². The highest BCUT2D eigenvalue weighted by Crippen LogP contribution is 2.35. The molecule has 0 heterocycles. The fourth-order valence-corrected chi connectivity index (χ4v) is 7.07. The predicted octanol–water partition coefficient (Wildman–Crippen LogP) is 6.64. The van der Waals surface area contributed by atoms with Crippen LogP contribution in [0.25, 0.3) is 0 Å². The average molecular weight is 667 g/mol. The molecule has 8 nitrogen and oxygen atoms in total. The molecule has 0 saturated heterocycles. The smallest absolute Gasteiger partial charge is 0.264 e. The Morgan fingerprint density at radius 2 is 1.60 bits per heavy atom. The molecule has 1 fully saturated rings. The van der Waals surface area contributed by atoms with Crippen molar-refractivity contribution in [2.75, 3.05) is 18.0 Å². The number of nitrogens with one attached hydrogen (secondary N) is 1. The van der Waals surface area contributed by atoms with Crippen molar-refractivity contribution < 1.29 is 22.7 Å². The summed E-state index contributed by atoms with van der Waals surface area (Å²) in [5.74, 6) is -0.761. The molecule has 12 heteroatoms. The number of ether oxygens (including phenoxy) is 1. The maximum atomic E-state index is 14.2. The summed E-state index contributed by atoms with van der Waals surface area (Å²) in [5, 5.41) is 4.02. The molecule has 1 atom stereocenters. The van der Waals surface area contributed by atoms with Gasteiger partial charge in [-0.2, -0.15) is 0 Å². The number of aryl methyl sites for hydroxylation is 1. The van der Waals surface area contributed by atoms with E-state index in [0.717, 1.165) is 35.6 Å². The van der Waals surface area contributed by atoms with Crippen molar-refractivity contribution in [2.45, 2.75) is 63.1 Å². The maximum Gasteiger partial charge on any atom is 0.264 e. The lowest BCUT2D eigenvalue weighted by Crippen LogP contribution is -2.52. The quantitative estimate of drug-likeness (QED) is 0.248. The molecule has 1 aliphatic carbocycles. The first-order chi connectivity index (χ1) is 20.4. The second-order valence-corrected chi connectivity index (χ2v) is 13.7. The van der Waals surface area contributed by atoms with Crippen molar-refractivity contribution in [3.63, 3.8) is 0 Å². The van der Waals surface area contributed by atoms with Gasteiger partial charge in [0.2, 0.25) is 11.8 Å². The monoisotopic (exact) mass is 665 g/mol. The van der Waals surface area contributed by atoms with Crippen molar-refractivity contribution in [3.8, 4) is 5.75 Å². The number of hydrogen-bond acceptors (Lipinski definition) is 5. The van der Waals surface area contributed by atoms with Gasteiger partial charge < -0.3 is 15.0 Å². The molecule has 0 aliphatic heterocycles. The summed E-state index contributed by atoms with van der Waals surface area (Å²) >= 11 is 18.9. The molecule has 0 unspecified atom stereocenters. The Bertz CT molecular complexity index is 1580. The molecule has 230 valence electrons. The van der Waals surface area contributed by atoms with Gasteiger partial charge in [-0.05, 0) is 74.7 Å². The van der Waals surface area contributed by atoms with E-state index in [1.54, 1.807) is 43.3 Å². The number of methoxy groups -OCH3 is 1. The summed E-state index contributed by atoms with van der Waals surface area (Å²) in [6, 6.07) is 14.8. The Hall–Kier alpha value is -2.98. The third kappa shape index (κ3) is 7.95. The Morgan fingerprint density at radius 1 is 0.977 bits per heavy atom. The molecule has 4 rings (SSSR count). The van der Waals surface area contributed by atoms with Gasteiger partial charge in [0.05, 0.1) is 17.7 Å². The number of nitrogens with zero attached hydrogens (tertiary/aromatic N) is 2. The van der Waals surface area contributed by atoms with E-state index in [2.05, 4.69) is 5.32 Å². The van der Waals surface area contributed by atoms with E-state index >= 15 is 0 Å². The first-order valence-corrected chi connectivity index (χ1v) is 16.4. The zero-order chi connectivity index (χ0) is 31.3. The van der Waals surface area contributed by atoms with Gasteiger partial charge >= 0.3 is 0 Å². The SMILES string of the molecule is COc1ccc(Cl)cc1N(CC(=O)N(Cc1ccc(Cl)cc1Cl)[C@@H](C)C(=O)NC1CCCC1)S(=O)(=O)c1ccc(C)cc1. The summed E-state index contributed by atoms with van der Waals surface area (Å²) in [4.78, 5) is 28.9. The predicted molar refractivity (Wildman–Crippen MR) is 171 cm³/mol. The van der Waals surface area contributed by atoms with Gasteiger partial charge in [0.25, 0.3) is 10.0 Å².